The van der Waals surface area contributed by atoms with Crippen LogP contribution in [0.25, 0.3) is 33.3 Å². The van der Waals surface area contributed by atoms with Crippen molar-refractivity contribution in [3.05, 3.63) is 60.6 Å². The van der Waals surface area contributed by atoms with Gasteiger partial charge in [0.1, 0.15) is 11.5 Å². The molecule has 0 aliphatic carbocycles. The number of aromatic nitrogens is 3. The molecule has 0 radical (unpaired) electrons. The van der Waals surface area contributed by atoms with E-state index in [0.717, 1.165) is 90.6 Å². The Morgan fingerprint density at radius 1 is 1.04 bits per heavy atom. The maximum Gasteiger partial charge on any atom is 0.407 e. The van der Waals surface area contributed by atoms with Crippen LogP contribution in [0.3, 0.4) is 0 Å². The van der Waals surface area contributed by atoms with Crippen molar-refractivity contribution in [2.75, 3.05) is 45.7 Å². The number of nitrogens with one attached hydrogen (secondary N) is 5. The Kier molecular flexibility index (Phi) is 13.9. The monoisotopic (exact) mass is 723 g/mol. The minimum Gasteiger partial charge on any atom is -0.453 e. The van der Waals surface area contributed by atoms with Gasteiger partial charge in [0.15, 0.2) is 5.82 Å². The molecule has 2 unspecified atom stereocenters. The van der Waals surface area contributed by atoms with Gasteiger partial charge in [-0.3, -0.25) is 14.6 Å². The summed E-state index contributed by atoms with van der Waals surface area (Å²) in [6, 6.07) is 16.5. The molecule has 2 atom stereocenters. The van der Waals surface area contributed by atoms with Gasteiger partial charge in [0.25, 0.3) is 0 Å². The second kappa shape index (κ2) is 19.0. The van der Waals surface area contributed by atoms with Crippen LogP contribution in [-0.4, -0.2) is 96.9 Å². The fourth-order valence-electron chi connectivity index (χ4n) is 7.06. The van der Waals surface area contributed by atoms with E-state index in [1.807, 2.05) is 30.3 Å². The molecular weight excluding hydrogens is 670 g/mol. The van der Waals surface area contributed by atoms with Crippen molar-refractivity contribution in [1.82, 2.24) is 35.8 Å². The number of nitrogens with zero attached hydrogens (tertiary/aromatic N) is 4. The van der Waals surface area contributed by atoms with Crippen LogP contribution in [-0.2, 0) is 20.7 Å². The van der Waals surface area contributed by atoms with Crippen LogP contribution in [0.4, 0.5) is 16.3 Å². The van der Waals surface area contributed by atoms with Crippen LogP contribution in [0.2, 0.25) is 0 Å². The Morgan fingerprint density at radius 2 is 1.79 bits per heavy atom. The molecule has 0 bridgehead atoms. The number of carbonyl (C=O) groups excluding carboxylic acids is 3. The van der Waals surface area contributed by atoms with Crippen LogP contribution in [0.15, 0.2) is 59.7 Å². The predicted octanol–water partition coefficient (Wildman–Crippen LogP) is 5.85. The SMILES string of the molecule is C=Nc1ccc(-c2ccc3cc(-c4cnc(CCCCNC(=O)CNC(=O)OC)[nH]4)ccc3c2)nc1NCC1CCCN1C(=O)C(NC)C(CC)CC. The third-order valence-electron chi connectivity index (χ3n) is 10.1. The van der Waals surface area contributed by atoms with E-state index < -0.39 is 6.09 Å². The zero-order valence-electron chi connectivity index (χ0n) is 31.3. The molecule has 3 amide bonds. The molecule has 0 saturated carbocycles. The quantitative estimate of drug-likeness (QED) is 0.0631. The number of aliphatic imine (C=N–C) groups is 1. The van der Waals surface area contributed by atoms with Gasteiger partial charge in [0.2, 0.25) is 11.8 Å². The molecule has 1 aliphatic heterocycles. The van der Waals surface area contributed by atoms with Crippen molar-refractivity contribution in [2.45, 2.75) is 70.9 Å². The van der Waals surface area contributed by atoms with Crippen molar-refractivity contribution in [1.29, 1.82) is 0 Å². The first-order chi connectivity index (χ1) is 25.8. The van der Waals surface area contributed by atoms with Gasteiger partial charge in [0, 0.05) is 43.2 Å². The Morgan fingerprint density at radius 3 is 2.51 bits per heavy atom. The summed E-state index contributed by atoms with van der Waals surface area (Å²) in [5, 5.41) is 14.1. The summed E-state index contributed by atoms with van der Waals surface area (Å²) in [6.45, 7) is 9.83. The standard InChI is InChI=1S/C40H53N9O4/c1-6-26(7-2)37(42-4)39(51)49-20-10-11-31(49)23-45-38-33(41-3)18-17-32(48-38)29-15-13-28-22-30(16-14-27(28)21-29)34-24-44-35(47-34)12-8-9-19-43-36(50)25-46-40(52)53-5/h13-18,21-22,24,26,31,37,42H,3,6-12,19-20,23,25H2,1-2,4-5H3,(H,43,50)(H,44,47)(H,45,48)(H,46,52). The minimum absolute atomic E-state index is 0.0835. The molecule has 2 aromatic carbocycles. The maximum atomic E-state index is 13.6. The molecule has 1 aliphatic rings. The van der Waals surface area contributed by atoms with Crippen LogP contribution in [0, 0.1) is 5.92 Å². The van der Waals surface area contributed by atoms with E-state index in [4.69, 9.17) is 4.98 Å². The lowest BCUT2D eigenvalue weighted by atomic mass is 9.93. The zero-order chi connectivity index (χ0) is 37.7. The predicted molar refractivity (Wildman–Crippen MR) is 210 cm³/mol. The normalized spacial score (nSPS) is 14.7. The second-order valence-corrected chi connectivity index (χ2v) is 13.4. The van der Waals surface area contributed by atoms with Crippen LogP contribution in [0.5, 0.6) is 0 Å². The van der Waals surface area contributed by atoms with E-state index in [1.54, 1.807) is 0 Å². The molecule has 3 heterocycles. The molecule has 0 spiro atoms. The zero-order valence-corrected chi connectivity index (χ0v) is 31.3. The highest BCUT2D eigenvalue weighted by atomic mass is 16.5. The Labute approximate surface area is 311 Å². The smallest absolute Gasteiger partial charge is 0.407 e. The molecule has 13 nitrogen and oxygen atoms in total. The van der Waals surface area contributed by atoms with Crippen LogP contribution < -0.4 is 21.3 Å². The number of alkyl carbamates (subject to hydrolysis) is 1. The number of methoxy groups -OCH3 is 1. The molecular formula is C40H53N9O4. The number of hydrogen-bond donors (Lipinski definition) is 5. The Balaban J connectivity index is 1.19. The number of ether oxygens (including phenoxy) is 1. The van der Waals surface area contributed by atoms with Gasteiger partial charge in [-0.2, -0.15) is 0 Å². The number of H-pyrrole nitrogens is 1. The van der Waals surface area contributed by atoms with Crippen LogP contribution in [0.1, 0.15) is 58.2 Å². The summed E-state index contributed by atoms with van der Waals surface area (Å²) < 4.78 is 4.46. The number of carbonyl (C=O) groups is 3. The van der Waals surface area contributed by atoms with Gasteiger partial charge in [-0.05, 0) is 80.4 Å². The number of imidazole rings is 1. The molecule has 1 saturated heterocycles. The molecule has 53 heavy (non-hydrogen) atoms. The fraction of sp³-hybridized carbons (Fsp3) is 0.450. The highest BCUT2D eigenvalue weighted by Gasteiger charge is 2.35. The molecule has 1 fully saturated rings. The summed E-state index contributed by atoms with van der Waals surface area (Å²) >= 11 is 0. The lowest BCUT2D eigenvalue weighted by Gasteiger charge is -2.32. The number of pyridine rings is 1. The number of aryl methyl sites for hydroxylation is 1. The van der Waals surface area contributed by atoms with Crippen molar-refractivity contribution in [2.24, 2.45) is 10.9 Å². The number of aromatic amines is 1. The summed E-state index contributed by atoms with van der Waals surface area (Å²) in [5.41, 5.74) is 4.47. The van der Waals surface area contributed by atoms with E-state index in [1.165, 1.54) is 7.11 Å². The van der Waals surface area contributed by atoms with E-state index in [9.17, 15) is 14.4 Å². The first-order valence-corrected chi connectivity index (χ1v) is 18.6. The summed E-state index contributed by atoms with van der Waals surface area (Å²) in [7, 11) is 3.14. The van der Waals surface area contributed by atoms with Gasteiger partial charge < -0.3 is 35.9 Å². The molecule has 5 rings (SSSR count). The van der Waals surface area contributed by atoms with Crippen molar-refractivity contribution in [3.63, 3.8) is 0 Å². The van der Waals surface area contributed by atoms with Crippen molar-refractivity contribution >= 4 is 46.9 Å². The van der Waals surface area contributed by atoms with Crippen LogP contribution >= 0.6 is 0 Å². The van der Waals surface area contributed by atoms with Crippen molar-refractivity contribution in [3.8, 4) is 22.5 Å². The second-order valence-electron chi connectivity index (χ2n) is 13.4. The summed E-state index contributed by atoms with van der Waals surface area (Å²) in [5.74, 6) is 1.78. The summed E-state index contributed by atoms with van der Waals surface area (Å²) in [4.78, 5) is 55.7. The number of rotatable bonds is 18. The van der Waals surface area contributed by atoms with Gasteiger partial charge >= 0.3 is 6.09 Å². The first kappa shape index (κ1) is 38.9. The molecule has 282 valence electrons. The number of hydrogen-bond acceptors (Lipinski definition) is 9. The Bertz CT molecular complexity index is 1870. The molecule has 2 aromatic heterocycles. The fourth-order valence-corrected chi connectivity index (χ4v) is 7.06. The van der Waals surface area contributed by atoms with E-state index in [-0.39, 0.29) is 30.4 Å². The maximum absolute atomic E-state index is 13.6. The van der Waals surface area contributed by atoms with Gasteiger partial charge in [0.05, 0.1) is 37.3 Å². The third kappa shape index (κ3) is 9.98. The van der Waals surface area contributed by atoms with E-state index >= 15 is 0 Å². The highest BCUT2D eigenvalue weighted by molar-refractivity contribution is 5.90. The topological polar surface area (TPSA) is 166 Å². The lowest BCUT2D eigenvalue weighted by Crippen LogP contribution is -2.51. The minimum atomic E-state index is -0.633. The Hall–Kier alpha value is -5.30. The number of likely N-dealkylation sites (N-methyl/N-ethyl adjacent to an activating group) is 1. The number of amides is 3. The average Bonchev–Trinajstić information content (AvgIpc) is 3.87. The number of likely N-dealkylation sites (tertiary alicyclic amines) is 1. The van der Waals surface area contributed by atoms with Gasteiger partial charge in [-0.1, -0.05) is 51.0 Å². The highest BCUT2D eigenvalue weighted by Crippen LogP contribution is 2.31. The lowest BCUT2D eigenvalue weighted by molar-refractivity contribution is -0.135. The summed E-state index contributed by atoms with van der Waals surface area (Å²) in [6.07, 6.45) is 7.47. The van der Waals surface area contributed by atoms with Gasteiger partial charge in [-0.15, -0.1) is 0 Å². The third-order valence-corrected chi connectivity index (χ3v) is 10.1. The number of benzene rings is 2. The van der Waals surface area contributed by atoms with E-state index in [0.29, 0.717) is 30.5 Å². The average molecular weight is 724 g/mol. The largest absolute Gasteiger partial charge is 0.453 e. The van der Waals surface area contributed by atoms with Gasteiger partial charge in [-0.25, -0.2) is 14.8 Å². The molecule has 4 aromatic rings. The molecule has 13 heteroatoms. The number of fused-ring (bicyclic) bond motifs is 1. The van der Waals surface area contributed by atoms with E-state index in [2.05, 4.69) is 97.9 Å². The number of anilines is 1. The number of unbranched alkanes of at least 4 members (excludes halogenated alkanes) is 1. The van der Waals surface area contributed by atoms with Crippen molar-refractivity contribution < 1.29 is 19.1 Å². The molecule has 5 N–H and O–H groups in total. The first-order valence-electron chi connectivity index (χ1n) is 18.6.